The Balaban J connectivity index is 2.32. The summed E-state index contributed by atoms with van der Waals surface area (Å²) in [6.07, 6.45) is 0. The normalized spacial score (nSPS) is 17.5. The first-order valence-corrected chi connectivity index (χ1v) is 8.50. The maximum absolute atomic E-state index is 12.1. The van der Waals surface area contributed by atoms with Crippen molar-refractivity contribution in [1.82, 2.24) is 0 Å². The Morgan fingerprint density at radius 2 is 1.83 bits per heavy atom. The van der Waals surface area contributed by atoms with E-state index in [1.165, 1.54) is 24.3 Å². The van der Waals surface area contributed by atoms with Crippen LogP contribution >= 0.6 is 20.6 Å². The van der Waals surface area contributed by atoms with Gasteiger partial charge in [-0.15, -0.1) is 0 Å². The molecule has 0 saturated heterocycles. The van der Waals surface area contributed by atoms with E-state index < -0.39 is 42.2 Å². The van der Waals surface area contributed by atoms with Crippen molar-refractivity contribution in [2.75, 3.05) is 0 Å². The second-order valence-electron chi connectivity index (χ2n) is 3.02. The number of halogens is 4. The van der Waals surface area contributed by atoms with Gasteiger partial charge in [-0.3, -0.25) is 0 Å². The maximum atomic E-state index is 12.1. The zero-order valence-electron chi connectivity index (χ0n) is 8.27. The monoisotopic (exact) mass is 396 g/mol. The average molecular weight is 396 g/mol. The molecule has 0 atom stereocenters. The van der Waals surface area contributed by atoms with Gasteiger partial charge in [0.15, 0.2) is 0 Å². The summed E-state index contributed by atoms with van der Waals surface area (Å²) < 4.78 is 66.7. The summed E-state index contributed by atoms with van der Waals surface area (Å²) >= 11 is -3.61. The third kappa shape index (κ3) is 2.31. The van der Waals surface area contributed by atoms with Gasteiger partial charge in [0, 0.05) is 0 Å². The molecule has 1 aromatic carbocycles. The number of hydrogen-bond donors (Lipinski definition) is 0. The van der Waals surface area contributed by atoms with E-state index in [-0.39, 0.29) is 9.13 Å². The molecule has 0 radical (unpaired) electrons. The molecule has 5 nitrogen and oxygen atoms in total. The molecule has 0 aromatic heterocycles. The van der Waals surface area contributed by atoms with E-state index in [0.29, 0.717) is 0 Å². The van der Waals surface area contributed by atoms with Gasteiger partial charge in [0.2, 0.25) is 0 Å². The van der Waals surface area contributed by atoms with E-state index in [1.807, 2.05) is 0 Å². The molecular formula is C8H4F3IO5S. The fourth-order valence-corrected chi connectivity index (χ4v) is 6.30. The number of fused-ring (bicyclic) bond motifs is 1. The Kier molecular flexibility index (Phi) is 3.27. The summed E-state index contributed by atoms with van der Waals surface area (Å²) in [6, 6.07) is 5.59. The molecule has 10 heteroatoms. The van der Waals surface area contributed by atoms with Gasteiger partial charge in [-0.2, -0.15) is 0 Å². The molecule has 0 bridgehead atoms. The Hall–Kier alpha value is -0.880. The first-order chi connectivity index (χ1) is 8.22. The van der Waals surface area contributed by atoms with Crippen molar-refractivity contribution in [2.24, 2.45) is 0 Å². The Bertz CT molecular complexity index is 597. The molecule has 1 aromatic rings. The third-order valence-corrected chi connectivity index (χ3v) is 7.76. The number of carbonyl (C=O) groups is 1. The first kappa shape index (κ1) is 13.5. The quantitative estimate of drug-likeness (QED) is 0.567. The van der Waals surface area contributed by atoms with Gasteiger partial charge in [0.1, 0.15) is 0 Å². The van der Waals surface area contributed by atoms with Crippen molar-refractivity contribution in [1.29, 1.82) is 0 Å². The van der Waals surface area contributed by atoms with Gasteiger partial charge >= 0.3 is 108 Å². The van der Waals surface area contributed by atoms with Gasteiger partial charge in [0.25, 0.3) is 0 Å². The number of benzene rings is 1. The number of rotatable bonds is 2. The number of hydrogen-bond acceptors (Lipinski definition) is 5. The van der Waals surface area contributed by atoms with Crippen LogP contribution in [0.5, 0.6) is 0 Å². The summed E-state index contributed by atoms with van der Waals surface area (Å²) in [7, 11) is -5.75. The molecule has 18 heavy (non-hydrogen) atoms. The molecule has 0 aliphatic carbocycles. The van der Waals surface area contributed by atoms with Crippen LogP contribution in [0.15, 0.2) is 24.3 Å². The van der Waals surface area contributed by atoms with Crippen LogP contribution in [0.25, 0.3) is 0 Å². The van der Waals surface area contributed by atoms with Crippen LogP contribution in [0.1, 0.15) is 10.4 Å². The molecule has 0 spiro atoms. The van der Waals surface area contributed by atoms with Crippen LogP contribution in [0.3, 0.4) is 0 Å². The van der Waals surface area contributed by atoms with Crippen molar-refractivity contribution in [2.45, 2.75) is 5.51 Å². The van der Waals surface area contributed by atoms with Gasteiger partial charge in [0.05, 0.1) is 0 Å². The molecule has 100 valence electrons. The number of carbonyl (C=O) groups excluding carboxylic acids is 1. The molecule has 0 N–H and O–H groups in total. The molecule has 1 aliphatic rings. The van der Waals surface area contributed by atoms with Gasteiger partial charge in [-0.05, 0) is 0 Å². The molecule has 2 rings (SSSR count). The van der Waals surface area contributed by atoms with Gasteiger partial charge in [-0.1, -0.05) is 0 Å². The fourth-order valence-electron chi connectivity index (χ4n) is 1.07. The van der Waals surface area contributed by atoms with Crippen LogP contribution in [0.4, 0.5) is 13.2 Å². The molecule has 1 heterocycles. The summed E-state index contributed by atoms with van der Waals surface area (Å²) in [5, 5.41) is 0. The molecule has 1 aliphatic heterocycles. The predicted molar refractivity (Wildman–Crippen MR) is 60.6 cm³/mol. The second kappa shape index (κ2) is 4.35. The molecule has 0 amide bonds. The van der Waals surface area contributed by atoms with Crippen molar-refractivity contribution < 1.29 is 32.0 Å². The van der Waals surface area contributed by atoms with Crippen LogP contribution in [-0.2, 0) is 15.7 Å². The van der Waals surface area contributed by atoms with Crippen molar-refractivity contribution in [3.8, 4) is 0 Å². The van der Waals surface area contributed by atoms with E-state index in [2.05, 4.69) is 5.58 Å². The summed E-state index contributed by atoms with van der Waals surface area (Å²) in [4.78, 5) is 11.3. The van der Waals surface area contributed by atoms with E-state index >= 15 is 0 Å². The Morgan fingerprint density at radius 3 is 2.44 bits per heavy atom. The Morgan fingerprint density at radius 1 is 1.22 bits per heavy atom. The van der Waals surface area contributed by atoms with E-state index in [1.54, 1.807) is 0 Å². The standard InChI is InChI=1S/C8H4F3IO5S/c9-8(10,11)18(14,15)17-12-6-4-2-1-3-5(6)7(13)16-12/h1-4H. The molecular weight excluding hydrogens is 392 g/mol. The van der Waals surface area contributed by atoms with Gasteiger partial charge in [-0.25, -0.2) is 0 Å². The third-order valence-electron chi connectivity index (χ3n) is 1.82. The van der Waals surface area contributed by atoms with Crippen LogP contribution in [0, 0.1) is 3.57 Å². The zero-order valence-corrected chi connectivity index (χ0v) is 11.2. The predicted octanol–water partition coefficient (Wildman–Crippen LogP) is 2.23. The minimum atomic E-state index is -5.75. The first-order valence-electron chi connectivity index (χ1n) is 4.25. The Labute approximate surface area is 107 Å². The average Bonchev–Trinajstić information content (AvgIpc) is 2.55. The van der Waals surface area contributed by atoms with Crippen LogP contribution in [0.2, 0.25) is 0 Å². The number of alkyl halides is 3. The van der Waals surface area contributed by atoms with Crippen LogP contribution < -0.4 is 0 Å². The zero-order chi connectivity index (χ0) is 13.6. The van der Waals surface area contributed by atoms with E-state index in [0.717, 1.165) is 0 Å². The van der Waals surface area contributed by atoms with Crippen molar-refractivity contribution in [3.63, 3.8) is 0 Å². The molecule has 0 unspecified atom stereocenters. The van der Waals surface area contributed by atoms with Crippen LogP contribution in [-0.4, -0.2) is 19.9 Å². The SMILES string of the molecule is O=C1OI(OS(=O)(=O)C(F)(F)F)c2ccccc21. The molecule has 0 fully saturated rings. The fraction of sp³-hybridized carbons (Fsp3) is 0.125. The summed E-state index contributed by atoms with van der Waals surface area (Å²) in [5.41, 5.74) is -5.49. The summed E-state index contributed by atoms with van der Waals surface area (Å²) in [6.45, 7) is 0. The van der Waals surface area contributed by atoms with Crippen molar-refractivity contribution in [3.05, 3.63) is 33.4 Å². The topological polar surface area (TPSA) is 69.7 Å². The second-order valence-corrected chi connectivity index (χ2v) is 8.44. The van der Waals surface area contributed by atoms with E-state index in [4.69, 9.17) is 0 Å². The summed E-state index contributed by atoms with van der Waals surface area (Å²) in [5.74, 6) is -0.867. The minimum absolute atomic E-state index is 0.0417. The van der Waals surface area contributed by atoms with E-state index in [9.17, 15) is 26.4 Å². The van der Waals surface area contributed by atoms with Crippen molar-refractivity contribution >= 4 is 36.7 Å². The van der Waals surface area contributed by atoms with Gasteiger partial charge < -0.3 is 0 Å². The molecule has 0 saturated carbocycles.